The van der Waals surface area contributed by atoms with Crippen LogP contribution in [0.25, 0.3) is 0 Å². The highest BCUT2D eigenvalue weighted by Gasteiger charge is 2.22. The predicted molar refractivity (Wildman–Crippen MR) is 85.4 cm³/mol. The molecular weight excluding hydrogens is 278 g/mol. The highest BCUT2D eigenvalue weighted by atomic mass is 16.1. The third kappa shape index (κ3) is 2.16. The van der Waals surface area contributed by atoms with Crippen molar-refractivity contribution in [1.82, 2.24) is 15.5 Å². The fourth-order valence-corrected chi connectivity index (χ4v) is 3.22. The molecule has 1 amide bonds. The molecule has 6 heteroatoms. The number of carbonyl (C=O) groups is 1. The summed E-state index contributed by atoms with van der Waals surface area (Å²) >= 11 is 0. The highest BCUT2D eigenvalue weighted by Crippen LogP contribution is 2.29. The molecule has 2 aliphatic rings. The lowest BCUT2D eigenvalue weighted by molar-refractivity contribution is 0.102. The van der Waals surface area contributed by atoms with Gasteiger partial charge >= 0.3 is 0 Å². The minimum Gasteiger partial charge on any atom is -0.374 e. The van der Waals surface area contributed by atoms with Gasteiger partial charge in [0.15, 0.2) is 5.69 Å². The van der Waals surface area contributed by atoms with E-state index in [9.17, 15) is 4.79 Å². The first-order chi connectivity index (χ1) is 10.7. The van der Waals surface area contributed by atoms with Gasteiger partial charge in [-0.3, -0.25) is 9.89 Å². The van der Waals surface area contributed by atoms with Crippen LogP contribution in [0, 0.1) is 0 Å². The van der Waals surface area contributed by atoms with Crippen LogP contribution in [0.2, 0.25) is 0 Å². The van der Waals surface area contributed by atoms with Gasteiger partial charge < -0.3 is 15.5 Å². The summed E-state index contributed by atoms with van der Waals surface area (Å²) in [5.41, 5.74) is 5.90. The van der Waals surface area contributed by atoms with Crippen LogP contribution >= 0.6 is 0 Å². The van der Waals surface area contributed by atoms with E-state index in [1.165, 1.54) is 11.3 Å². The molecule has 3 heterocycles. The minimum atomic E-state index is -0.151. The van der Waals surface area contributed by atoms with Crippen molar-refractivity contribution in [3.63, 3.8) is 0 Å². The molecule has 1 aromatic carbocycles. The monoisotopic (exact) mass is 297 g/mol. The van der Waals surface area contributed by atoms with Crippen LogP contribution in [0.3, 0.4) is 0 Å². The van der Waals surface area contributed by atoms with Crippen LogP contribution in [0.1, 0.15) is 27.3 Å². The van der Waals surface area contributed by atoms with Crippen molar-refractivity contribution in [2.75, 3.05) is 30.4 Å². The molecule has 3 N–H and O–H groups in total. The van der Waals surface area contributed by atoms with Gasteiger partial charge in [0.2, 0.25) is 0 Å². The molecule has 0 unspecified atom stereocenters. The third-order valence-electron chi connectivity index (χ3n) is 4.49. The average molecular weight is 297 g/mol. The molecule has 114 valence electrons. The first kappa shape index (κ1) is 13.3. The van der Waals surface area contributed by atoms with E-state index in [1.807, 2.05) is 12.1 Å². The Morgan fingerprint density at radius 1 is 1.36 bits per heavy atom. The molecule has 0 bridgehead atoms. The maximum absolute atomic E-state index is 12.5. The number of aromatic amines is 1. The third-order valence-corrected chi connectivity index (χ3v) is 4.49. The fraction of sp³-hybridized carbons (Fsp3) is 0.375. The van der Waals surface area contributed by atoms with Gasteiger partial charge in [0.1, 0.15) is 0 Å². The predicted octanol–water partition coefficient (Wildman–Crippen LogP) is 1.30. The molecular formula is C16H19N5O. The number of fused-ring (bicyclic) bond motifs is 2. The number of hydrogen-bond acceptors (Lipinski definition) is 4. The Balaban J connectivity index is 1.58. The Morgan fingerprint density at radius 3 is 3.18 bits per heavy atom. The van der Waals surface area contributed by atoms with Gasteiger partial charge in [0, 0.05) is 55.7 Å². The second-order valence-electron chi connectivity index (χ2n) is 5.93. The van der Waals surface area contributed by atoms with Crippen molar-refractivity contribution in [3.8, 4) is 0 Å². The van der Waals surface area contributed by atoms with Crippen molar-refractivity contribution in [3.05, 3.63) is 40.7 Å². The normalized spacial score (nSPS) is 16.3. The minimum absolute atomic E-state index is 0.151. The van der Waals surface area contributed by atoms with Crippen LogP contribution in [0.15, 0.2) is 18.2 Å². The van der Waals surface area contributed by atoms with E-state index < -0.39 is 0 Å². The van der Waals surface area contributed by atoms with E-state index in [1.54, 1.807) is 0 Å². The van der Waals surface area contributed by atoms with E-state index in [0.717, 1.165) is 42.9 Å². The molecule has 0 aliphatic carbocycles. The molecule has 6 nitrogen and oxygen atoms in total. The number of nitrogens with one attached hydrogen (secondary N) is 3. The average Bonchev–Trinajstić information content (AvgIpc) is 3.12. The summed E-state index contributed by atoms with van der Waals surface area (Å²) in [7, 11) is 2.08. The molecule has 0 fully saturated rings. The van der Waals surface area contributed by atoms with Gasteiger partial charge in [0.25, 0.3) is 5.91 Å². The molecule has 0 spiro atoms. The van der Waals surface area contributed by atoms with E-state index >= 15 is 0 Å². The van der Waals surface area contributed by atoms with Crippen molar-refractivity contribution in [2.24, 2.45) is 0 Å². The largest absolute Gasteiger partial charge is 0.374 e. The van der Waals surface area contributed by atoms with E-state index in [2.05, 4.69) is 38.8 Å². The number of rotatable bonds is 2. The lowest BCUT2D eigenvalue weighted by Gasteiger charge is -2.14. The van der Waals surface area contributed by atoms with Crippen LogP contribution in [-0.4, -0.2) is 36.2 Å². The van der Waals surface area contributed by atoms with Gasteiger partial charge in [-0.05, 0) is 24.1 Å². The summed E-state index contributed by atoms with van der Waals surface area (Å²) < 4.78 is 0. The summed E-state index contributed by atoms with van der Waals surface area (Å²) in [5.74, 6) is -0.151. The summed E-state index contributed by atoms with van der Waals surface area (Å²) in [6.07, 6.45) is 1.96. The Labute approximate surface area is 128 Å². The Morgan fingerprint density at radius 2 is 2.27 bits per heavy atom. The van der Waals surface area contributed by atoms with Crippen molar-refractivity contribution in [1.29, 1.82) is 0 Å². The Bertz CT molecular complexity index is 736. The molecule has 0 saturated carbocycles. The second kappa shape index (κ2) is 5.14. The number of hydrogen-bond donors (Lipinski definition) is 3. The second-order valence-corrected chi connectivity index (χ2v) is 5.93. The van der Waals surface area contributed by atoms with Crippen molar-refractivity contribution in [2.45, 2.75) is 19.4 Å². The van der Waals surface area contributed by atoms with Crippen LogP contribution in [0.4, 0.5) is 11.4 Å². The van der Waals surface area contributed by atoms with Gasteiger partial charge in [-0.2, -0.15) is 5.10 Å². The molecule has 0 saturated heterocycles. The topological polar surface area (TPSA) is 73.0 Å². The van der Waals surface area contributed by atoms with Gasteiger partial charge in [-0.15, -0.1) is 0 Å². The van der Waals surface area contributed by atoms with Crippen molar-refractivity contribution >= 4 is 17.3 Å². The summed E-state index contributed by atoms with van der Waals surface area (Å²) in [6.45, 7) is 2.65. The maximum atomic E-state index is 12.5. The van der Waals surface area contributed by atoms with E-state index in [4.69, 9.17) is 0 Å². The lowest BCUT2D eigenvalue weighted by Crippen LogP contribution is -2.25. The number of benzene rings is 1. The molecule has 22 heavy (non-hydrogen) atoms. The zero-order valence-corrected chi connectivity index (χ0v) is 12.6. The van der Waals surface area contributed by atoms with Crippen LogP contribution < -0.4 is 15.5 Å². The molecule has 1 aromatic heterocycles. The van der Waals surface area contributed by atoms with E-state index in [0.29, 0.717) is 12.2 Å². The fourth-order valence-electron chi connectivity index (χ4n) is 3.22. The van der Waals surface area contributed by atoms with E-state index in [-0.39, 0.29) is 5.91 Å². The SMILES string of the molecule is CN1CCc2ccc(NC(=O)c3n[nH]c4c3CNCC4)cc21. The summed E-state index contributed by atoms with van der Waals surface area (Å²) in [5, 5.41) is 13.4. The molecule has 4 rings (SSSR count). The van der Waals surface area contributed by atoms with Gasteiger partial charge in [-0.1, -0.05) is 6.07 Å². The Hall–Kier alpha value is -2.34. The Kier molecular flexibility index (Phi) is 3.11. The molecule has 0 atom stereocenters. The maximum Gasteiger partial charge on any atom is 0.276 e. The zero-order chi connectivity index (χ0) is 15.1. The number of anilines is 2. The number of likely N-dealkylation sites (N-methyl/N-ethyl adjacent to an activating group) is 1. The standard InChI is InChI=1S/C16H19N5O/c1-21-7-5-10-2-3-11(8-14(10)21)18-16(22)15-12-9-17-6-4-13(12)19-20-15/h2-3,8,17H,4-7,9H2,1H3,(H,18,22)(H,19,20). The lowest BCUT2D eigenvalue weighted by atomic mass is 10.1. The number of carbonyl (C=O) groups excluding carboxylic acids is 1. The molecule has 2 aliphatic heterocycles. The zero-order valence-electron chi connectivity index (χ0n) is 12.6. The number of amides is 1. The summed E-state index contributed by atoms with van der Waals surface area (Å²) in [6, 6.07) is 6.10. The van der Waals surface area contributed by atoms with Gasteiger partial charge in [-0.25, -0.2) is 0 Å². The smallest absolute Gasteiger partial charge is 0.276 e. The first-order valence-electron chi connectivity index (χ1n) is 7.64. The van der Waals surface area contributed by atoms with Crippen LogP contribution in [0.5, 0.6) is 0 Å². The highest BCUT2D eigenvalue weighted by molar-refractivity contribution is 6.04. The number of nitrogens with zero attached hydrogens (tertiary/aromatic N) is 2. The summed E-state index contributed by atoms with van der Waals surface area (Å²) in [4.78, 5) is 14.7. The van der Waals surface area contributed by atoms with Crippen LogP contribution in [-0.2, 0) is 19.4 Å². The number of aromatic nitrogens is 2. The molecule has 2 aromatic rings. The molecule has 0 radical (unpaired) electrons. The van der Waals surface area contributed by atoms with Crippen molar-refractivity contribution < 1.29 is 4.79 Å². The number of H-pyrrole nitrogens is 1. The quantitative estimate of drug-likeness (QED) is 0.781. The van der Waals surface area contributed by atoms with Gasteiger partial charge in [0.05, 0.1) is 0 Å². The first-order valence-corrected chi connectivity index (χ1v) is 7.64.